The summed E-state index contributed by atoms with van der Waals surface area (Å²) in [5, 5.41) is 24.9. The SMILES string of the molecule is CC.CCc1cc(-c2ccccc2)c(O)cc1OCCCCCC(C)(C)c1nn[nH]n1. The maximum atomic E-state index is 10.5. The largest absolute Gasteiger partial charge is 0.507 e. The molecular weight excluding hydrogens is 388 g/mol. The zero-order valence-electron chi connectivity index (χ0n) is 19.5. The normalized spacial score (nSPS) is 11.0. The standard InChI is InChI=1S/C23H30N4O2.C2H6/c1-4-17-15-19(18-11-7-5-8-12-18)20(28)16-21(17)29-14-10-6-9-13-23(2,3)22-24-26-27-25-22;1-2/h5,7-8,11-12,15-16,28H,4,6,9-10,13-14H2,1-3H3,(H,24,25,26,27);1-2H3. The summed E-state index contributed by atoms with van der Waals surface area (Å²) in [6.07, 6.45) is 4.96. The number of aromatic hydroxyl groups is 1. The van der Waals surface area contributed by atoms with Crippen LogP contribution in [0.2, 0.25) is 0 Å². The molecule has 0 unspecified atom stereocenters. The Hall–Kier alpha value is -2.89. The first-order valence-corrected chi connectivity index (χ1v) is 11.3. The number of ether oxygens (including phenoxy) is 1. The Bertz CT molecular complexity index is 893. The summed E-state index contributed by atoms with van der Waals surface area (Å²) in [4.78, 5) is 0. The number of aromatic nitrogens is 4. The second-order valence-corrected chi connectivity index (χ2v) is 7.98. The second kappa shape index (κ2) is 12.1. The lowest BCUT2D eigenvalue weighted by Gasteiger charge is -2.20. The third-order valence-corrected chi connectivity index (χ3v) is 5.30. The van der Waals surface area contributed by atoms with Crippen LogP contribution >= 0.6 is 0 Å². The predicted octanol–water partition coefficient (Wildman–Crippen LogP) is 6.08. The van der Waals surface area contributed by atoms with E-state index in [2.05, 4.69) is 41.4 Å². The quantitative estimate of drug-likeness (QED) is 0.385. The van der Waals surface area contributed by atoms with Crippen molar-refractivity contribution in [2.45, 2.75) is 72.1 Å². The first-order valence-electron chi connectivity index (χ1n) is 11.3. The highest BCUT2D eigenvalue weighted by molar-refractivity contribution is 5.72. The van der Waals surface area contributed by atoms with Crippen LogP contribution < -0.4 is 4.74 Å². The number of rotatable bonds is 10. The molecule has 0 amide bonds. The zero-order chi connectivity index (χ0) is 22.7. The fourth-order valence-corrected chi connectivity index (χ4v) is 3.46. The minimum absolute atomic E-state index is 0.0811. The van der Waals surface area contributed by atoms with Gasteiger partial charge >= 0.3 is 0 Å². The van der Waals surface area contributed by atoms with Crippen LogP contribution in [0.1, 0.15) is 71.7 Å². The van der Waals surface area contributed by atoms with Crippen LogP contribution in [-0.2, 0) is 11.8 Å². The lowest BCUT2D eigenvalue weighted by molar-refractivity contribution is 0.296. The monoisotopic (exact) mass is 424 g/mol. The van der Waals surface area contributed by atoms with Gasteiger partial charge in [0.2, 0.25) is 0 Å². The number of aryl methyl sites for hydroxylation is 1. The number of nitrogens with one attached hydrogen (secondary N) is 1. The molecule has 3 aromatic rings. The molecule has 6 heteroatoms. The molecule has 31 heavy (non-hydrogen) atoms. The van der Waals surface area contributed by atoms with Crippen molar-refractivity contribution in [3.63, 3.8) is 0 Å². The molecule has 1 aromatic heterocycles. The highest BCUT2D eigenvalue weighted by atomic mass is 16.5. The number of hydrogen-bond donors (Lipinski definition) is 2. The Balaban J connectivity index is 0.00000166. The maximum absolute atomic E-state index is 10.5. The van der Waals surface area contributed by atoms with E-state index in [0.717, 1.165) is 60.4 Å². The molecule has 0 aliphatic rings. The molecule has 0 aliphatic heterocycles. The van der Waals surface area contributed by atoms with Crippen LogP contribution in [0.4, 0.5) is 0 Å². The fourth-order valence-electron chi connectivity index (χ4n) is 3.46. The lowest BCUT2D eigenvalue weighted by Crippen LogP contribution is -2.19. The van der Waals surface area contributed by atoms with E-state index in [1.165, 1.54) is 0 Å². The fraction of sp³-hybridized carbons (Fsp3) is 0.480. The van der Waals surface area contributed by atoms with Crippen LogP contribution in [0.5, 0.6) is 11.5 Å². The second-order valence-electron chi connectivity index (χ2n) is 7.98. The van der Waals surface area contributed by atoms with Crippen molar-refractivity contribution in [1.82, 2.24) is 20.6 Å². The molecule has 6 nitrogen and oxygen atoms in total. The summed E-state index contributed by atoms with van der Waals surface area (Å²) < 4.78 is 6.00. The van der Waals surface area contributed by atoms with E-state index in [1.807, 2.05) is 50.2 Å². The number of H-pyrrole nitrogens is 1. The minimum atomic E-state index is -0.0811. The van der Waals surface area contributed by atoms with Crippen molar-refractivity contribution in [3.05, 3.63) is 53.9 Å². The van der Waals surface area contributed by atoms with E-state index in [1.54, 1.807) is 6.07 Å². The van der Waals surface area contributed by atoms with Gasteiger partial charge in [-0.3, -0.25) is 0 Å². The zero-order valence-corrected chi connectivity index (χ0v) is 19.5. The Morgan fingerprint density at radius 2 is 1.77 bits per heavy atom. The van der Waals surface area contributed by atoms with Gasteiger partial charge < -0.3 is 9.84 Å². The van der Waals surface area contributed by atoms with Gasteiger partial charge in [-0.1, -0.05) is 83.0 Å². The van der Waals surface area contributed by atoms with E-state index in [9.17, 15) is 5.11 Å². The average molecular weight is 425 g/mol. The van der Waals surface area contributed by atoms with Crippen molar-refractivity contribution in [2.24, 2.45) is 0 Å². The molecular formula is C25H36N4O2. The number of aromatic amines is 1. The van der Waals surface area contributed by atoms with E-state index >= 15 is 0 Å². The summed E-state index contributed by atoms with van der Waals surface area (Å²) in [5.41, 5.74) is 2.89. The van der Waals surface area contributed by atoms with Crippen LogP contribution in [-0.4, -0.2) is 32.3 Å². The van der Waals surface area contributed by atoms with Gasteiger partial charge in [0.25, 0.3) is 0 Å². The Kier molecular flexibility index (Phi) is 9.50. The number of unbranched alkanes of at least 4 members (excludes halogenated alkanes) is 2. The van der Waals surface area contributed by atoms with Crippen LogP contribution in [0, 0.1) is 0 Å². The molecule has 0 radical (unpaired) electrons. The average Bonchev–Trinajstić information content (AvgIpc) is 3.34. The molecule has 168 valence electrons. The third kappa shape index (κ3) is 6.81. The van der Waals surface area contributed by atoms with E-state index in [0.29, 0.717) is 6.61 Å². The molecule has 2 aromatic carbocycles. The molecule has 1 heterocycles. The highest BCUT2D eigenvalue weighted by Gasteiger charge is 2.24. The molecule has 3 rings (SSSR count). The van der Waals surface area contributed by atoms with E-state index in [4.69, 9.17) is 4.74 Å². The minimum Gasteiger partial charge on any atom is -0.507 e. The number of hydrogen-bond acceptors (Lipinski definition) is 5. The maximum Gasteiger partial charge on any atom is 0.180 e. The molecule has 2 N–H and O–H groups in total. The van der Waals surface area contributed by atoms with E-state index in [-0.39, 0.29) is 11.2 Å². The summed E-state index contributed by atoms with van der Waals surface area (Å²) in [5.74, 6) is 1.79. The Morgan fingerprint density at radius 3 is 2.42 bits per heavy atom. The molecule has 0 bridgehead atoms. The summed E-state index contributed by atoms with van der Waals surface area (Å²) in [6, 6.07) is 13.7. The van der Waals surface area contributed by atoms with Gasteiger partial charge in [-0.15, -0.1) is 10.2 Å². The highest BCUT2D eigenvalue weighted by Crippen LogP contribution is 2.35. The number of nitrogens with zero attached hydrogens (tertiary/aromatic N) is 3. The van der Waals surface area contributed by atoms with Crippen LogP contribution in [0.15, 0.2) is 42.5 Å². The van der Waals surface area contributed by atoms with Gasteiger partial charge in [0.05, 0.1) is 6.61 Å². The summed E-state index contributed by atoms with van der Waals surface area (Å²) in [7, 11) is 0. The summed E-state index contributed by atoms with van der Waals surface area (Å²) in [6.45, 7) is 11.0. The van der Waals surface area contributed by atoms with Gasteiger partial charge in [0.15, 0.2) is 5.82 Å². The van der Waals surface area contributed by atoms with Gasteiger partial charge in [-0.05, 0) is 36.5 Å². The number of tetrazole rings is 1. The first kappa shape index (κ1) is 24.4. The molecule has 0 fully saturated rings. The number of phenolic OH excluding ortho intramolecular Hbond substituents is 1. The topological polar surface area (TPSA) is 83.9 Å². The van der Waals surface area contributed by atoms with Gasteiger partial charge in [0, 0.05) is 17.0 Å². The molecule has 0 saturated carbocycles. The Morgan fingerprint density at radius 1 is 1.03 bits per heavy atom. The van der Waals surface area contributed by atoms with Crippen molar-refractivity contribution >= 4 is 0 Å². The van der Waals surface area contributed by atoms with Crippen LogP contribution in [0.3, 0.4) is 0 Å². The van der Waals surface area contributed by atoms with E-state index < -0.39 is 0 Å². The smallest absolute Gasteiger partial charge is 0.180 e. The van der Waals surface area contributed by atoms with Crippen molar-refractivity contribution < 1.29 is 9.84 Å². The van der Waals surface area contributed by atoms with Crippen LogP contribution in [0.25, 0.3) is 11.1 Å². The van der Waals surface area contributed by atoms with Gasteiger partial charge in [-0.2, -0.15) is 5.21 Å². The van der Waals surface area contributed by atoms with Crippen molar-refractivity contribution in [3.8, 4) is 22.6 Å². The Labute approximate surface area is 186 Å². The van der Waals surface area contributed by atoms with Gasteiger partial charge in [-0.25, -0.2) is 0 Å². The van der Waals surface area contributed by atoms with Crippen molar-refractivity contribution in [2.75, 3.05) is 6.61 Å². The molecule has 0 atom stereocenters. The molecule has 0 saturated heterocycles. The lowest BCUT2D eigenvalue weighted by atomic mass is 9.86. The first-order chi connectivity index (χ1) is 15.0. The third-order valence-electron chi connectivity index (χ3n) is 5.30. The van der Waals surface area contributed by atoms with Gasteiger partial charge in [0.1, 0.15) is 11.5 Å². The predicted molar refractivity (Wildman–Crippen MR) is 125 cm³/mol. The molecule has 0 aliphatic carbocycles. The molecule has 0 spiro atoms. The number of phenols is 1. The van der Waals surface area contributed by atoms with Crippen molar-refractivity contribution in [1.29, 1.82) is 0 Å². The summed E-state index contributed by atoms with van der Waals surface area (Å²) >= 11 is 0. The number of benzene rings is 2.